The van der Waals surface area contributed by atoms with Crippen LogP contribution in [0.1, 0.15) is 6.42 Å². The van der Waals surface area contributed by atoms with Crippen molar-refractivity contribution in [2.75, 3.05) is 13.1 Å². The van der Waals surface area contributed by atoms with Crippen LogP contribution in [0.3, 0.4) is 0 Å². The van der Waals surface area contributed by atoms with Gasteiger partial charge in [0, 0.05) is 17.8 Å². The number of ether oxygens (including phenoxy) is 1. The topological polar surface area (TPSA) is 95.3 Å². The molecule has 4 heterocycles. The number of hydrogen-bond acceptors (Lipinski definition) is 6. The van der Waals surface area contributed by atoms with Gasteiger partial charge in [-0.2, -0.15) is 4.98 Å². The van der Waals surface area contributed by atoms with Crippen LogP contribution in [0, 0.1) is 5.92 Å². The van der Waals surface area contributed by atoms with Gasteiger partial charge in [-0.1, -0.05) is 4.68 Å². The van der Waals surface area contributed by atoms with E-state index in [9.17, 15) is 4.79 Å². The van der Waals surface area contributed by atoms with Gasteiger partial charge in [0.25, 0.3) is 5.56 Å². The summed E-state index contributed by atoms with van der Waals surface area (Å²) in [4.78, 5) is 22.8. The maximum absolute atomic E-state index is 12.0. The third-order valence-electron chi connectivity index (χ3n) is 3.74. The maximum atomic E-state index is 12.0. The van der Waals surface area contributed by atoms with Crippen LogP contribution in [0.5, 0.6) is 6.01 Å². The first-order valence-corrected chi connectivity index (χ1v) is 7.40. The molecule has 1 fully saturated rings. The zero-order valence-electron chi connectivity index (χ0n) is 12.3. The summed E-state index contributed by atoms with van der Waals surface area (Å²) in [6.07, 6.45) is 9.58. The lowest BCUT2D eigenvalue weighted by Gasteiger charge is -2.01. The summed E-state index contributed by atoms with van der Waals surface area (Å²) in [5.74, 6) is 0.978. The largest absolute Gasteiger partial charge is 0.417 e. The molecule has 2 N–H and O–H groups in total. The van der Waals surface area contributed by atoms with Gasteiger partial charge in [0.15, 0.2) is 6.21 Å². The van der Waals surface area contributed by atoms with Crippen molar-refractivity contribution in [2.24, 2.45) is 11.0 Å². The Labute approximate surface area is 131 Å². The van der Waals surface area contributed by atoms with Crippen molar-refractivity contribution in [2.45, 2.75) is 6.42 Å². The monoisotopic (exact) mass is 311 g/mol. The number of H-pyrrole nitrogens is 1. The SMILES string of the molecule is O=c1[nH]c(OC2=C[N+](=CC3CCNC3)N=C2)nc2cnccc12. The van der Waals surface area contributed by atoms with E-state index in [4.69, 9.17) is 4.74 Å². The number of fused-ring (bicyclic) bond motifs is 1. The summed E-state index contributed by atoms with van der Waals surface area (Å²) < 4.78 is 7.33. The molecule has 0 amide bonds. The van der Waals surface area contributed by atoms with E-state index < -0.39 is 0 Å². The number of allylic oxidation sites excluding steroid dienone is 1. The predicted molar refractivity (Wildman–Crippen MR) is 84.7 cm³/mol. The van der Waals surface area contributed by atoms with Crippen molar-refractivity contribution in [3.63, 3.8) is 0 Å². The minimum absolute atomic E-state index is 0.123. The van der Waals surface area contributed by atoms with E-state index in [0.29, 0.717) is 22.6 Å². The Morgan fingerprint density at radius 1 is 1.43 bits per heavy atom. The number of aromatic nitrogens is 3. The fourth-order valence-electron chi connectivity index (χ4n) is 2.60. The number of nitrogens with zero attached hydrogens (tertiary/aromatic N) is 4. The molecule has 23 heavy (non-hydrogen) atoms. The number of hydrogen-bond donors (Lipinski definition) is 2. The smallest absolute Gasteiger partial charge is 0.302 e. The second-order valence-corrected chi connectivity index (χ2v) is 5.42. The summed E-state index contributed by atoms with van der Waals surface area (Å²) >= 11 is 0. The van der Waals surface area contributed by atoms with E-state index in [1.54, 1.807) is 29.4 Å². The summed E-state index contributed by atoms with van der Waals surface area (Å²) in [5, 5.41) is 8.02. The molecule has 0 saturated carbocycles. The standard InChI is InChI=1S/C15H14N6O2/c22-14-12-2-4-17-7-13(12)19-15(20-14)23-11-6-18-21(9-11)8-10-1-3-16-5-10/h2,4,6-10,16H,1,3,5H2/p+1. The molecule has 2 aliphatic heterocycles. The zero-order valence-corrected chi connectivity index (χ0v) is 12.3. The van der Waals surface area contributed by atoms with Gasteiger partial charge in [-0.3, -0.25) is 14.8 Å². The van der Waals surface area contributed by atoms with Crippen molar-refractivity contribution in [1.82, 2.24) is 20.3 Å². The predicted octanol–water partition coefficient (Wildman–Crippen LogP) is 0.231. The van der Waals surface area contributed by atoms with Gasteiger partial charge in [-0.15, -0.1) is 0 Å². The molecule has 0 aliphatic carbocycles. The van der Waals surface area contributed by atoms with E-state index in [0.717, 1.165) is 19.5 Å². The van der Waals surface area contributed by atoms with E-state index in [1.807, 2.05) is 6.21 Å². The molecule has 0 aromatic carbocycles. The Morgan fingerprint density at radius 3 is 3.26 bits per heavy atom. The Balaban J connectivity index is 1.57. The molecule has 0 spiro atoms. The number of aromatic amines is 1. The summed E-state index contributed by atoms with van der Waals surface area (Å²) in [5.41, 5.74) is 0.227. The van der Waals surface area contributed by atoms with Crippen LogP contribution < -0.4 is 15.6 Å². The van der Waals surface area contributed by atoms with Crippen molar-refractivity contribution >= 4 is 23.3 Å². The lowest BCUT2D eigenvalue weighted by Crippen LogP contribution is -2.13. The lowest BCUT2D eigenvalue weighted by molar-refractivity contribution is -0.455. The van der Waals surface area contributed by atoms with E-state index >= 15 is 0 Å². The second-order valence-electron chi connectivity index (χ2n) is 5.42. The summed E-state index contributed by atoms with van der Waals surface area (Å²) in [6, 6.07) is 1.74. The zero-order chi connectivity index (χ0) is 15.6. The van der Waals surface area contributed by atoms with Crippen molar-refractivity contribution in [3.8, 4) is 6.01 Å². The van der Waals surface area contributed by atoms with Crippen LogP contribution in [0.15, 0.2) is 40.3 Å². The Hall–Kier alpha value is -2.87. The van der Waals surface area contributed by atoms with Gasteiger partial charge in [-0.05, 0) is 19.0 Å². The van der Waals surface area contributed by atoms with Crippen LogP contribution in [0.4, 0.5) is 0 Å². The fourth-order valence-corrected chi connectivity index (χ4v) is 2.60. The molecular formula is C15H15N6O2+. The Morgan fingerprint density at radius 2 is 2.39 bits per heavy atom. The average Bonchev–Trinajstić information content (AvgIpc) is 3.20. The van der Waals surface area contributed by atoms with Gasteiger partial charge in [-0.25, -0.2) is 0 Å². The van der Waals surface area contributed by atoms with Crippen molar-refractivity contribution in [3.05, 3.63) is 40.8 Å². The highest BCUT2D eigenvalue weighted by Gasteiger charge is 2.20. The first-order valence-electron chi connectivity index (χ1n) is 7.40. The Kier molecular flexibility index (Phi) is 3.43. The third-order valence-corrected chi connectivity index (χ3v) is 3.74. The molecule has 4 rings (SSSR count). The molecular weight excluding hydrogens is 296 g/mol. The molecule has 0 bridgehead atoms. The highest BCUT2D eigenvalue weighted by Crippen LogP contribution is 2.12. The molecule has 1 unspecified atom stereocenters. The second kappa shape index (κ2) is 5.73. The quantitative estimate of drug-likeness (QED) is 0.791. The van der Waals surface area contributed by atoms with E-state index in [1.165, 1.54) is 6.20 Å². The van der Waals surface area contributed by atoms with E-state index in [-0.39, 0.29) is 11.6 Å². The average molecular weight is 311 g/mol. The van der Waals surface area contributed by atoms with Crippen molar-refractivity contribution in [1.29, 1.82) is 0 Å². The van der Waals surface area contributed by atoms with Crippen LogP contribution in [-0.2, 0) is 0 Å². The van der Waals surface area contributed by atoms with Crippen LogP contribution in [0.25, 0.3) is 10.9 Å². The number of rotatable bonds is 3. The minimum Gasteiger partial charge on any atom is -0.417 e. The van der Waals surface area contributed by atoms with E-state index in [2.05, 4.69) is 25.4 Å². The molecule has 2 aromatic rings. The van der Waals surface area contributed by atoms with Gasteiger partial charge in [0.05, 0.1) is 23.0 Å². The molecule has 1 saturated heterocycles. The van der Waals surface area contributed by atoms with Crippen LogP contribution >= 0.6 is 0 Å². The molecule has 1 atom stereocenters. The van der Waals surface area contributed by atoms with Crippen LogP contribution in [0.2, 0.25) is 0 Å². The highest BCUT2D eigenvalue weighted by molar-refractivity contribution is 5.78. The summed E-state index contributed by atoms with van der Waals surface area (Å²) in [6.45, 7) is 1.99. The minimum atomic E-state index is -0.261. The first-order chi connectivity index (χ1) is 11.3. The number of hydrazone groups is 1. The fraction of sp³-hybridized carbons (Fsp3) is 0.267. The molecule has 116 valence electrons. The molecule has 8 heteroatoms. The number of pyridine rings is 1. The van der Waals surface area contributed by atoms with Crippen molar-refractivity contribution < 1.29 is 9.42 Å². The lowest BCUT2D eigenvalue weighted by atomic mass is 10.1. The highest BCUT2D eigenvalue weighted by atomic mass is 16.5. The third kappa shape index (κ3) is 2.88. The Bertz CT molecular complexity index is 892. The molecule has 8 nitrogen and oxygen atoms in total. The number of nitrogens with one attached hydrogen (secondary N) is 2. The molecule has 2 aromatic heterocycles. The normalized spacial score (nSPS) is 22.0. The summed E-state index contributed by atoms with van der Waals surface area (Å²) in [7, 11) is 0. The van der Waals surface area contributed by atoms with Gasteiger partial charge in [0.1, 0.15) is 6.21 Å². The van der Waals surface area contributed by atoms with Gasteiger partial charge >= 0.3 is 6.01 Å². The maximum Gasteiger partial charge on any atom is 0.302 e. The molecule has 2 aliphatic rings. The van der Waals surface area contributed by atoms with Gasteiger partial charge in [0.2, 0.25) is 12.0 Å². The molecule has 0 radical (unpaired) electrons. The first kappa shape index (κ1) is 13.8. The van der Waals surface area contributed by atoms with Gasteiger partial charge < -0.3 is 10.1 Å². The van der Waals surface area contributed by atoms with Crippen LogP contribution in [-0.4, -0.2) is 45.2 Å².